The zero-order valence-electron chi connectivity index (χ0n) is 9.80. The van der Waals surface area contributed by atoms with Gasteiger partial charge in [0.15, 0.2) is 0 Å². The Bertz CT molecular complexity index is 191. The van der Waals surface area contributed by atoms with Crippen molar-refractivity contribution < 1.29 is 4.74 Å². The Hall–Kier alpha value is -0.520. The molecule has 2 heteroatoms. The monoisotopic (exact) mass is 209 g/mol. The molecule has 1 N–H and O–H groups in total. The van der Waals surface area contributed by atoms with Crippen LogP contribution in [0.2, 0.25) is 0 Å². The van der Waals surface area contributed by atoms with Gasteiger partial charge in [-0.05, 0) is 38.1 Å². The number of nitrogens with one attached hydrogen (secondary N) is 1. The number of terminal acetylenes is 1. The summed E-state index contributed by atoms with van der Waals surface area (Å²) in [5, 5.41) is 3.56. The first kappa shape index (κ1) is 12.5. The van der Waals surface area contributed by atoms with Gasteiger partial charge in [0.05, 0.1) is 6.61 Å². The molecule has 15 heavy (non-hydrogen) atoms. The van der Waals surface area contributed by atoms with Crippen LogP contribution in [0.3, 0.4) is 0 Å². The lowest BCUT2D eigenvalue weighted by Crippen LogP contribution is -2.40. The van der Waals surface area contributed by atoms with Gasteiger partial charge in [0.25, 0.3) is 0 Å². The SMILES string of the molecule is C#CCCCC(NCC)C1CCCOC1. The van der Waals surface area contributed by atoms with Gasteiger partial charge in [0.2, 0.25) is 0 Å². The van der Waals surface area contributed by atoms with Gasteiger partial charge >= 0.3 is 0 Å². The second-order valence-corrected chi connectivity index (χ2v) is 4.24. The second-order valence-electron chi connectivity index (χ2n) is 4.24. The van der Waals surface area contributed by atoms with Gasteiger partial charge in [-0.15, -0.1) is 12.3 Å². The Kier molecular flexibility index (Phi) is 6.47. The smallest absolute Gasteiger partial charge is 0.0509 e. The minimum absolute atomic E-state index is 0.601. The highest BCUT2D eigenvalue weighted by atomic mass is 16.5. The molecule has 1 aliphatic heterocycles. The van der Waals surface area contributed by atoms with E-state index >= 15 is 0 Å². The summed E-state index contributed by atoms with van der Waals surface area (Å²) in [5.41, 5.74) is 0. The average Bonchev–Trinajstić information content (AvgIpc) is 2.29. The third-order valence-electron chi connectivity index (χ3n) is 3.07. The minimum atomic E-state index is 0.601. The molecule has 1 rings (SSSR count). The average molecular weight is 209 g/mol. The van der Waals surface area contributed by atoms with Gasteiger partial charge < -0.3 is 10.1 Å². The van der Waals surface area contributed by atoms with E-state index < -0.39 is 0 Å². The maximum atomic E-state index is 5.54. The molecular formula is C13H23NO. The summed E-state index contributed by atoms with van der Waals surface area (Å²) >= 11 is 0. The zero-order valence-corrected chi connectivity index (χ0v) is 9.80. The first-order valence-corrected chi connectivity index (χ1v) is 6.13. The van der Waals surface area contributed by atoms with Crippen LogP contribution in [0.5, 0.6) is 0 Å². The van der Waals surface area contributed by atoms with Crippen molar-refractivity contribution in [2.45, 2.75) is 45.1 Å². The van der Waals surface area contributed by atoms with Gasteiger partial charge in [-0.25, -0.2) is 0 Å². The molecule has 1 heterocycles. The molecule has 1 saturated heterocycles. The van der Waals surface area contributed by atoms with Crippen LogP contribution >= 0.6 is 0 Å². The van der Waals surface area contributed by atoms with Crippen LogP contribution in [0.1, 0.15) is 39.0 Å². The van der Waals surface area contributed by atoms with E-state index in [0.717, 1.165) is 32.6 Å². The molecule has 1 aliphatic rings. The quantitative estimate of drug-likeness (QED) is 0.535. The molecule has 0 aromatic heterocycles. The van der Waals surface area contributed by atoms with Gasteiger partial charge in [0, 0.05) is 19.1 Å². The number of ether oxygens (including phenoxy) is 1. The molecule has 0 aromatic rings. The van der Waals surface area contributed by atoms with E-state index in [9.17, 15) is 0 Å². The van der Waals surface area contributed by atoms with Crippen LogP contribution < -0.4 is 5.32 Å². The normalized spacial score (nSPS) is 23.3. The molecule has 86 valence electrons. The van der Waals surface area contributed by atoms with Crippen molar-refractivity contribution >= 4 is 0 Å². The third kappa shape index (κ3) is 4.68. The number of hydrogen-bond acceptors (Lipinski definition) is 2. The summed E-state index contributed by atoms with van der Waals surface area (Å²) in [4.78, 5) is 0. The molecule has 1 fully saturated rings. The number of hydrogen-bond donors (Lipinski definition) is 1. The molecule has 0 spiro atoms. The van der Waals surface area contributed by atoms with E-state index in [1.165, 1.54) is 19.3 Å². The van der Waals surface area contributed by atoms with Crippen molar-refractivity contribution in [3.63, 3.8) is 0 Å². The zero-order chi connectivity index (χ0) is 10.9. The lowest BCUT2D eigenvalue weighted by atomic mass is 9.90. The van der Waals surface area contributed by atoms with Crippen LogP contribution in [-0.4, -0.2) is 25.8 Å². The van der Waals surface area contributed by atoms with E-state index in [0.29, 0.717) is 12.0 Å². The Labute approximate surface area is 93.8 Å². The van der Waals surface area contributed by atoms with E-state index in [2.05, 4.69) is 18.2 Å². The molecule has 0 bridgehead atoms. The largest absolute Gasteiger partial charge is 0.381 e. The lowest BCUT2D eigenvalue weighted by Gasteiger charge is -2.30. The summed E-state index contributed by atoms with van der Waals surface area (Å²) in [6.45, 7) is 5.07. The first-order chi connectivity index (χ1) is 7.38. The van der Waals surface area contributed by atoms with Crippen LogP contribution in [-0.2, 0) is 4.74 Å². The predicted octanol–water partition coefficient (Wildman–Crippen LogP) is 2.19. The van der Waals surface area contributed by atoms with Gasteiger partial charge in [-0.3, -0.25) is 0 Å². The molecule has 0 saturated carbocycles. The topological polar surface area (TPSA) is 21.3 Å². The van der Waals surface area contributed by atoms with Crippen molar-refractivity contribution in [3.05, 3.63) is 0 Å². The number of unbranched alkanes of at least 4 members (excludes halogenated alkanes) is 1. The van der Waals surface area contributed by atoms with E-state index in [1.807, 2.05) is 0 Å². The third-order valence-corrected chi connectivity index (χ3v) is 3.07. The second kappa shape index (κ2) is 7.73. The Morgan fingerprint density at radius 1 is 1.60 bits per heavy atom. The van der Waals surface area contributed by atoms with Crippen LogP contribution in [0.15, 0.2) is 0 Å². The number of rotatable bonds is 6. The molecule has 0 aliphatic carbocycles. The fourth-order valence-electron chi connectivity index (χ4n) is 2.27. The van der Waals surface area contributed by atoms with Crippen molar-refractivity contribution in [1.82, 2.24) is 5.32 Å². The minimum Gasteiger partial charge on any atom is -0.381 e. The van der Waals surface area contributed by atoms with Gasteiger partial charge in [-0.1, -0.05) is 6.92 Å². The first-order valence-electron chi connectivity index (χ1n) is 6.13. The lowest BCUT2D eigenvalue weighted by molar-refractivity contribution is 0.0379. The summed E-state index contributed by atoms with van der Waals surface area (Å²) in [6.07, 6.45) is 11.0. The molecular weight excluding hydrogens is 186 g/mol. The molecule has 2 nitrogen and oxygen atoms in total. The maximum Gasteiger partial charge on any atom is 0.0509 e. The van der Waals surface area contributed by atoms with Crippen molar-refractivity contribution in [2.24, 2.45) is 5.92 Å². The summed E-state index contributed by atoms with van der Waals surface area (Å²) < 4.78 is 5.54. The van der Waals surface area contributed by atoms with Crippen molar-refractivity contribution in [3.8, 4) is 12.3 Å². The van der Waals surface area contributed by atoms with Crippen LogP contribution in [0, 0.1) is 18.3 Å². The highest BCUT2D eigenvalue weighted by Gasteiger charge is 2.22. The maximum absolute atomic E-state index is 5.54. The fourth-order valence-corrected chi connectivity index (χ4v) is 2.27. The van der Waals surface area contributed by atoms with Crippen molar-refractivity contribution in [2.75, 3.05) is 19.8 Å². The molecule has 0 radical (unpaired) electrons. The van der Waals surface area contributed by atoms with E-state index in [4.69, 9.17) is 11.2 Å². The summed E-state index contributed by atoms with van der Waals surface area (Å²) in [5.74, 6) is 3.40. The molecule has 0 aromatic carbocycles. The molecule has 2 unspecified atom stereocenters. The molecule has 2 atom stereocenters. The molecule has 0 amide bonds. The van der Waals surface area contributed by atoms with Crippen LogP contribution in [0.25, 0.3) is 0 Å². The van der Waals surface area contributed by atoms with Crippen molar-refractivity contribution in [1.29, 1.82) is 0 Å². The summed E-state index contributed by atoms with van der Waals surface area (Å²) in [6, 6.07) is 0.601. The van der Waals surface area contributed by atoms with E-state index in [1.54, 1.807) is 0 Å². The Balaban J connectivity index is 2.30. The van der Waals surface area contributed by atoms with Gasteiger partial charge in [-0.2, -0.15) is 0 Å². The highest BCUT2D eigenvalue weighted by molar-refractivity contribution is 4.85. The predicted molar refractivity (Wildman–Crippen MR) is 63.7 cm³/mol. The van der Waals surface area contributed by atoms with Gasteiger partial charge in [0.1, 0.15) is 0 Å². The fraction of sp³-hybridized carbons (Fsp3) is 0.846. The highest BCUT2D eigenvalue weighted by Crippen LogP contribution is 2.20. The Morgan fingerprint density at radius 2 is 2.47 bits per heavy atom. The Morgan fingerprint density at radius 3 is 3.07 bits per heavy atom. The van der Waals surface area contributed by atoms with Crippen LogP contribution in [0.4, 0.5) is 0 Å². The standard InChI is InChI=1S/C13H23NO/c1-3-5-6-9-13(14-4-2)12-8-7-10-15-11-12/h1,12-14H,4-11H2,2H3. The van der Waals surface area contributed by atoms with E-state index in [-0.39, 0.29) is 0 Å². The summed E-state index contributed by atoms with van der Waals surface area (Å²) in [7, 11) is 0.